The van der Waals surface area contributed by atoms with Crippen LogP contribution < -0.4 is 0 Å². The number of aliphatic hydroxyl groups excluding tert-OH is 1. The first-order valence-corrected chi connectivity index (χ1v) is 5.76. The number of Topliss-reactive ketones (excluding diaryl/α,β-unsaturated/α-hetero) is 1. The Morgan fingerprint density at radius 3 is 2.69 bits per heavy atom. The lowest BCUT2D eigenvalue weighted by molar-refractivity contribution is 0.0986. The summed E-state index contributed by atoms with van der Waals surface area (Å²) in [6.45, 7) is 5.84. The van der Waals surface area contributed by atoms with E-state index in [-0.39, 0.29) is 18.3 Å². The number of ketones is 1. The van der Waals surface area contributed by atoms with E-state index in [1.54, 1.807) is 6.20 Å². The molecule has 3 heteroatoms. The van der Waals surface area contributed by atoms with Gasteiger partial charge in [-0.05, 0) is 18.1 Å². The first kappa shape index (κ1) is 12.8. The Kier molecular flexibility index (Phi) is 4.62. The Bertz CT molecular complexity index is 374. The first-order chi connectivity index (χ1) is 7.63. The van der Waals surface area contributed by atoms with Crippen LogP contribution in [0.5, 0.6) is 0 Å². The summed E-state index contributed by atoms with van der Waals surface area (Å²) in [7, 11) is 0. The maximum atomic E-state index is 11.8. The third-order valence-electron chi connectivity index (χ3n) is 2.79. The largest absolute Gasteiger partial charge is 0.396 e. The van der Waals surface area contributed by atoms with Crippen molar-refractivity contribution in [1.29, 1.82) is 0 Å². The molecule has 16 heavy (non-hydrogen) atoms. The van der Waals surface area contributed by atoms with E-state index < -0.39 is 0 Å². The molecule has 1 unspecified atom stereocenters. The van der Waals surface area contributed by atoms with Gasteiger partial charge in [-0.15, -0.1) is 0 Å². The van der Waals surface area contributed by atoms with Gasteiger partial charge in [0, 0.05) is 30.7 Å². The van der Waals surface area contributed by atoms with Gasteiger partial charge in [0.15, 0.2) is 5.78 Å². The summed E-state index contributed by atoms with van der Waals surface area (Å²) in [5.41, 5.74) is 2.49. The number of pyridine rings is 1. The van der Waals surface area contributed by atoms with E-state index in [4.69, 9.17) is 5.11 Å². The van der Waals surface area contributed by atoms with E-state index >= 15 is 0 Å². The average Bonchev–Trinajstić information content (AvgIpc) is 2.35. The van der Waals surface area contributed by atoms with Crippen LogP contribution in [0.15, 0.2) is 12.3 Å². The Labute approximate surface area is 96.5 Å². The Balaban J connectivity index is 3.16. The minimum atomic E-state index is 0.0295. The fourth-order valence-corrected chi connectivity index (χ4v) is 1.60. The van der Waals surface area contributed by atoms with Crippen molar-refractivity contribution < 1.29 is 9.90 Å². The molecule has 0 aliphatic rings. The van der Waals surface area contributed by atoms with E-state index in [2.05, 4.69) is 4.98 Å². The van der Waals surface area contributed by atoms with Crippen molar-refractivity contribution in [2.24, 2.45) is 0 Å². The smallest absolute Gasteiger partial charge is 0.164 e. The molecule has 1 aromatic heterocycles. The van der Waals surface area contributed by atoms with Crippen LogP contribution in [0.4, 0.5) is 0 Å². The summed E-state index contributed by atoms with van der Waals surface area (Å²) < 4.78 is 0. The summed E-state index contributed by atoms with van der Waals surface area (Å²) in [6.07, 6.45) is 3.01. The highest BCUT2D eigenvalue weighted by molar-refractivity contribution is 5.97. The number of aromatic nitrogens is 1. The highest BCUT2D eigenvalue weighted by atomic mass is 16.3. The van der Waals surface area contributed by atoms with Crippen LogP contribution in [0, 0.1) is 0 Å². The van der Waals surface area contributed by atoms with Crippen LogP contribution in [0.3, 0.4) is 0 Å². The highest BCUT2D eigenvalue weighted by Gasteiger charge is 2.13. The van der Waals surface area contributed by atoms with Crippen LogP contribution in [-0.2, 0) is 6.42 Å². The maximum Gasteiger partial charge on any atom is 0.164 e. The van der Waals surface area contributed by atoms with Gasteiger partial charge in [-0.2, -0.15) is 0 Å². The summed E-state index contributed by atoms with van der Waals surface area (Å²) in [5.74, 6) is 0.151. The van der Waals surface area contributed by atoms with Gasteiger partial charge >= 0.3 is 0 Å². The molecule has 0 amide bonds. The van der Waals surface area contributed by atoms with Gasteiger partial charge in [0.1, 0.15) is 0 Å². The third-order valence-corrected chi connectivity index (χ3v) is 2.79. The minimum absolute atomic E-state index is 0.0295. The molecular formula is C13H19NO2. The SMILES string of the molecule is CCC(=O)c1cc(C(C)CO)cnc1CC. The summed E-state index contributed by atoms with van der Waals surface area (Å²) in [6, 6.07) is 1.87. The molecule has 88 valence electrons. The molecular weight excluding hydrogens is 202 g/mol. The Morgan fingerprint density at radius 1 is 1.50 bits per heavy atom. The van der Waals surface area contributed by atoms with Crippen LogP contribution in [0.1, 0.15) is 54.7 Å². The van der Waals surface area contributed by atoms with Gasteiger partial charge in [-0.3, -0.25) is 9.78 Å². The second kappa shape index (κ2) is 5.75. The predicted octanol–water partition coefficient (Wildman–Crippen LogP) is 2.33. The van der Waals surface area contributed by atoms with Crippen molar-refractivity contribution in [2.75, 3.05) is 6.61 Å². The average molecular weight is 221 g/mol. The van der Waals surface area contributed by atoms with Gasteiger partial charge < -0.3 is 5.11 Å². The van der Waals surface area contributed by atoms with Crippen LogP contribution in [0.2, 0.25) is 0 Å². The maximum absolute atomic E-state index is 11.8. The molecule has 0 saturated carbocycles. The number of carbonyl (C=O) groups is 1. The van der Waals surface area contributed by atoms with Crippen molar-refractivity contribution in [2.45, 2.75) is 39.5 Å². The molecule has 0 aliphatic carbocycles. The summed E-state index contributed by atoms with van der Waals surface area (Å²) >= 11 is 0. The van der Waals surface area contributed by atoms with Gasteiger partial charge in [0.25, 0.3) is 0 Å². The molecule has 0 radical (unpaired) electrons. The highest BCUT2D eigenvalue weighted by Crippen LogP contribution is 2.18. The van der Waals surface area contributed by atoms with E-state index in [0.717, 1.165) is 17.7 Å². The number of aliphatic hydroxyl groups is 1. The molecule has 3 nitrogen and oxygen atoms in total. The minimum Gasteiger partial charge on any atom is -0.396 e. The fourth-order valence-electron chi connectivity index (χ4n) is 1.60. The molecule has 0 bridgehead atoms. The lowest BCUT2D eigenvalue weighted by Gasteiger charge is -2.11. The van der Waals surface area contributed by atoms with E-state index in [1.165, 1.54) is 0 Å². The first-order valence-electron chi connectivity index (χ1n) is 5.76. The van der Waals surface area contributed by atoms with Crippen molar-refractivity contribution in [1.82, 2.24) is 4.98 Å². The summed E-state index contributed by atoms with van der Waals surface area (Å²) in [4.78, 5) is 16.1. The number of hydrogen-bond acceptors (Lipinski definition) is 3. The molecule has 0 fully saturated rings. The standard InChI is InChI=1S/C13H19NO2/c1-4-12-11(13(16)5-2)6-10(7-14-12)9(3)8-15/h6-7,9,15H,4-5,8H2,1-3H3. The van der Waals surface area contributed by atoms with Crippen molar-refractivity contribution in [3.8, 4) is 0 Å². The molecule has 1 aromatic rings. The van der Waals surface area contributed by atoms with E-state index in [1.807, 2.05) is 26.8 Å². The normalized spacial score (nSPS) is 12.5. The predicted molar refractivity (Wildman–Crippen MR) is 63.7 cm³/mol. The molecule has 0 spiro atoms. The molecule has 0 aliphatic heterocycles. The molecule has 1 heterocycles. The van der Waals surface area contributed by atoms with Gasteiger partial charge in [0.2, 0.25) is 0 Å². The Morgan fingerprint density at radius 2 is 2.19 bits per heavy atom. The second-order valence-corrected chi connectivity index (χ2v) is 3.98. The molecule has 1 atom stereocenters. The number of aryl methyl sites for hydroxylation is 1. The number of hydrogen-bond donors (Lipinski definition) is 1. The van der Waals surface area contributed by atoms with Crippen LogP contribution in [-0.4, -0.2) is 22.5 Å². The van der Waals surface area contributed by atoms with Crippen molar-refractivity contribution in [3.05, 3.63) is 29.1 Å². The van der Waals surface area contributed by atoms with Crippen molar-refractivity contribution in [3.63, 3.8) is 0 Å². The number of carbonyl (C=O) groups excluding carboxylic acids is 1. The molecule has 1 rings (SSSR count). The second-order valence-electron chi connectivity index (χ2n) is 3.98. The lowest BCUT2D eigenvalue weighted by atomic mass is 9.98. The molecule has 1 N–H and O–H groups in total. The van der Waals surface area contributed by atoms with E-state index in [0.29, 0.717) is 12.0 Å². The van der Waals surface area contributed by atoms with Gasteiger partial charge in [0.05, 0.1) is 5.69 Å². The monoisotopic (exact) mass is 221 g/mol. The zero-order valence-corrected chi connectivity index (χ0v) is 10.2. The summed E-state index contributed by atoms with van der Waals surface area (Å²) in [5, 5.41) is 9.09. The zero-order chi connectivity index (χ0) is 12.1. The lowest BCUT2D eigenvalue weighted by Crippen LogP contribution is -2.08. The van der Waals surface area contributed by atoms with Gasteiger partial charge in [-0.25, -0.2) is 0 Å². The van der Waals surface area contributed by atoms with E-state index in [9.17, 15) is 4.79 Å². The molecule has 0 saturated heterocycles. The number of nitrogens with zero attached hydrogens (tertiary/aromatic N) is 1. The quantitative estimate of drug-likeness (QED) is 0.776. The van der Waals surface area contributed by atoms with Gasteiger partial charge in [-0.1, -0.05) is 20.8 Å². The fraction of sp³-hybridized carbons (Fsp3) is 0.538. The topological polar surface area (TPSA) is 50.2 Å². The van der Waals surface area contributed by atoms with Crippen LogP contribution in [0.25, 0.3) is 0 Å². The number of rotatable bonds is 5. The molecule has 0 aromatic carbocycles. The van der Waals surface area contributed by atoms with Crippen LogP contribution >= 0.6 is 0 Å². The third kappa shape index (κ3) is 2.67. The zero-order valence-electron chi connectivity index (χ0n) is 10.2. The Hall–Kier alpha value is -1.22. The van der Waals surface area contributed by atoms with Crippen molar-refractivity contribution >= 4 is 5.78 Å².